The van der Waals surface area contributed by atoms with E-state index in [4.69, 9.17) is 4.74 Å². The van der Waals surface area contributed by atoms with Crippen molar-refractivity contribution >= 4 is 15.9 Å². The Balaban J connectivity index is 2.28. The third-order valence-corrected chi connectivity index (χ3v) is 4.27. The van der Waals surface area contributed by atoms with E-state index < -0.39 is 0 Å². The van der Waals surface area contributed by atoms with Crippen molar-refractivity contribution < 1.29 is 4.74 Å². The number of aryl methyl sites for hydroxylation is 1. The fraction of sp³-hybridized carbons (Fsp3) is 0.333. The fourth-order valence-electron chi connectivity index (χ4n) is 2.55. The van der Waals surface area contributed by atoms with Crippen LogP contribution >= 0.6 is 15.9 Å². The second kappa shape index (κ2) is 7.62. The molecule has 0 spiro atoms. The van der Waals surface area contributed by atoms with Crippen molar-refractivity contribution in [2.45, 2.75) is 25.8 Å². The summed E-state index contributed by atoms with van der Waals surface area (Å²) < 4.78 is 6.27. The first-order valence-corrected chi connectivity index (χ1v) is 8.08. The molecule has 112 valence electrons. The van der Waals surface area contributed by atoms with E-state index in [0.29, 0.717) is 0 Å². The van der Waals surface area contributed by atoms with Crippen LogP contribution in [-0.2, 0) is 6.42 Å². The molecule has 0 aromatic heterocycles. The Kier molecular flexibility index (Phi) is 5.83. The molecular weight excluding hydrogens is 326 g/mol. The molecule has 0 radical (unpaired) electrons. The van der Waals surface area contributed by atoms with Gasteiger partial charge in [0.15, 0.2) is 0 Å². The zero-order valence-corrected chi connectivity index (χ0v) is 14.4. The van der Waals surface area contributed by atoms with E-state index in [-0.39, 0.29) is 6.04 Å². The average Bonchev–Trinajstić information content (AvgIpc) is 2.50. The van der Waals surface area contributed by atoms with Crippen LogP contribution in [0.25, 0.3) is 0 Å². The predicted molar refractivity (Wildman–Crippen MR) is 92.0 cm³/mol. The summed E-state index contributed by atoms with van der Waals surface area (Å²) in [6.07, 6.45) is 2.32. The number of halogens is 1. The molecule has 0 saturated carbocycles. The summed E-state index contributed by atoms with van der Waals surface area (Å²) in [7, 11) is 3.67. The van der Waals surface area contributed by atoms with Crippen molar-refractivity contribution in [1.82, 2.24) is 5.32 Å². The van der Waals surface area contributed by atoms with Gasteiger partial charge in [-0.1, -0.05) is 43.7 Å². The smallest absolute Gasteiger partial charge is 0.133 e. The number of ether oxygens (including phenoxy) is 1. The molecule has 1 N–H and O–H groups in total. The van der Waals surface area contributed by atoms with Gasteiger partial charge >= 0.3 is 0 Å². The van der Waals surface area contributed by atoms with Gasteiger partial charge in [-0.05, 0) is 58.2 Å². The lowest BCUT2D eigenvalue weighted by Gasteiger charge is -2.18. The van der Waals surface area contributed by atoms with E-state index in [0.717, 1.165) is 16.6 Å². The predicted octanol–water partition coefficient (Wildman–Crippen LogP) is 4.72. The fourth-order valence-corrected chi connectivity index (χ4v) is 3.11. The first-order valence-electron chi connectivity index (χ1n) is 7.29. The number of benzene rings is 2. The lowest BCUT2D eigenvalue weighted by molar-refractivity contribution is 0.412. The lowest BCUT2D eigenvalue weighted by Crippen LogP contribution is -2.17. The van der Waals surface area contributed by atoms with Gasteiger partial charge in [0.25, 0.3) is 0 Å². The Bertz CT molecular complexity index is 580. The molecule has 0 aliphatic rings. The van der Waals surface area contributed by atoms with Gasteiger partial charge < -0.3 is 10.1 Å². The summed E-state index contributed by atoms with van der Waals surface area (Å²) in [5, 5.41) is 3.39. The van der Waals surface area contributed by atoms with Gasteiger partial charge in [-0.25, -0.2) is 0 Å². The van der Waals surface area contributed by atoms with E-state index in [1.165, 1.54) is 23.1 Å². The molecule has 2 rings (SSSR count). The number of rotatable bonds is 6. The summed E-state index contributed by atoms with van der Waals surface area (Å²) in [5.74, 6) is 0.854. The highest BCUT2D eigenvalue weighted by atomic mass is 79.9. The van der Waals surface area contributed by atoms with Gasteiger partial charge in [-0.3, -0.25) is 0 Å². The van der Waals surface area contributed by atoms with Gasteiger partial charge in [0, 0.05) is 0 Å². The molecule has 0 fully saturated rings. The van der Waals surface area contributed by atoms with E-state index >= 15 is 0 Å². The maximum absolute atomic E-state index is 5.29. The number of hydrogen-bond donors (Lipinski definition) is 1. The van der Waals surface area contributed by atoms with Crippen molar-refractivity contribution in [1.29, 1.82) is 0 Å². The van der Waals surface area contributed by atoms with E-state index in [1.807, 2.05) is 13.1 Å². The first-order chi connectivity index (χ1) is 10.2. The average molecular weight is 348 g/mol. The second-order valence-corrected chi connectivity index (χ2v) is 5.96. The summed E-state index contributed by atoms with van der Waals surface area (Å²) in [5.41, 5.74) is 3.88. The Morgan fingerprint density at radius 2 is 1.76 bits per heavy atom. The summed E-state index contributed by atoms with van der Waals surface area (Å²) >= 11 is 3.56. The highest BCUT2D eigenvalue weighted by Crippen LogP contribution is 2.30. The third-order valence-electron chi connectivity index (χ3n) is 3.65. The Hall–Kier alpha value is -1.32. The molecular formula is C18H22BrNO. The first kappa shape index (κ1) is 16.1. The van der Waals surface area contributed by atoms with Gasteiger partial charge in [0.1, 0.15) is 5.75 Å². The maximum atomic E-state index is 5.29. The van der Waals surface area contributed by atoms with Crippen molar-refractivity contribution in [3.05, 3.63) is 63.6 Å². The summed E-state index contributed by atoms with van der Waals surface area (Å²) in [4.78, 5) is 0. The molecule has 2 nitrogen and oxygen atoms in total. The highest BCUT2D eigenvalue weighted by Gasteiger charge is 2.13. The number of nitrogens with one attached hydrogen (secondary N) is 1. The standard InChI is InChI=1S/C18H22BrNO/c1-4-5-13-6-8-14(9-7-13)18(20-2)15-10-11-17(21-3)16(19)12-15/h6-12,18,20H,4-5H2,1-3H3. The molecule has 0 amide bonds. The normalized spacial score (nSPS) is 12.2. The van der Waals surface area contributed by atoms with Gasteiger partial charge in [-0.2, -0.15) is 0 Å². The molecule has 2 aromatic rings. The van der Waals surface area contributed by atoms with E-state index in [9.17, 15) is 0 Å². The molecule has 1 unspecified atom stereocenters. The topological polar surface area (TPSA) is 21.3 Å². The molecule has 21 heavy (non-hydrogen) atoms. The SMILES string of the molecule is CCCc1ccc(C(NC)c2ccc(OC)c(Br)c2)cc1. The zero-order chi connectivity index (χ0) is 15.2. The van der Waals surface area contributed by atoms with Crippen LogP contribution in [0.3, 0.4) is 0 Å². The van der Waals surface area contributed by atoms with Crippen LogP contribution in [-0.4, -0.2) is 14.2 Å². The Morgan fingerprint density at radius 1 is 1.10 bits per heavy atom. The zero-order valence-electron chi connectivity index (χ0n) is 12.8. The minimum atomic E-state index is 0.183. The van der Waals surface area contributed by atoms with Crippen molar-refractivity contribution in [2.75, 3.05) is 14.2 Å². The minimum absolute atomic E-state index is 0.183. The molecule has 0 aliphatic heterocycles. The van der Waals surface area contributed by atoms with Crippen LogP contribution in [0.15, 0.2) is 46.9 Å². The second-order valence-electron chi connectivity index (χ2n) is 5.11. The van der Waals surface area contributed by atoms with Gasteiger partial charge in [-0.15, -0.1) is 0 Å². The van der Waals surface area contributed by atoms with Crippen molar-refractivity contribution in [2.24, 2.45) is 0 Å². The summed E-state index contributed by atoms with van der Waals surface area (Å²) in [6, 6.07) is 15.3. The molecule has 0 heterocycles. The number of hydrogen-bond acceptors (Lipinski definition) is 2. The quantitative estimate of drug-likeness (QED) is 0.816. The lowest BCUT2D eigenvalue weighted by atomic mass is 9.97. The van der Waals surface area contributed by atoms with Crippen LogP contribution in [0, 0.1) is 0 Å². The largest absolute Gasteiger partial charge is 0.496 e. The van der Waals surface area contributed by atoms with Crippen molar-refractivity contribution in [3.8, 4) is 5.75 Å². The van der Waals surface area contributed by atoms with Crippen LogP contribution in [0.1, 0.15) is 36.1 Å². The maximum Gasteiger partial charge on any atom is 0.133 e. The highest BCUT2D eigenvalue weighted by molar-refractivity contribution is 9.10. The minimum Gasteiger partial charge on any atom is -0.496 e. The third kappa shape index (κ3) is 3.86. The van der Waals surface area contributed by atoms with Gasteiger partial charge in [0.2, 0.25) is 0 Å². The van der Waals surface area contributed by atoms with E-state index in [2.05, 4.69) is 64.6 Å². The Labute approximate surface area is 135 Å². The van der Waals surface area contributed by atoms with Crippen LogP contribution in [0.5, 0.6) is 5.75 Å². The van der Waals surface area contributed by atoms with Crippen molar-refractivity contribution in [3.63, 3.8) is 0 Å². The molecule has 3 heteroatoms. The molecule has 1 atom stereocenters. The van der Waals surface area contributed by atoms with Crippen LogP contribution in [0.4, 0.5) is 0 Å². The summed E-state index contributed by atoms with van der Waals surface area (Å²) in [6.45, 7) is 2.21. The van der Waals surface area contributed by atoms with Gasteiger partial charge in [0.05, 0.1) is 17.6 Å². The van der Waals surface area contributed by atoms with Crippen LogP contribution in [0.2, 0.25) is 0 Å². The monoisotopic (exact) mass is 347 g/mol. The van der Waals surface area contributed by atoms with E-state index in [1.54, 1.807) is 7.11 Å². The molecule has 0 aliphatic carbocycles. The number of methoxy groups -OCH3 is 1. The molecule has 0 bridgehead atoms. The molecule has 2 aromatic carbocycles. The molecule has 0 saturated heterocycles. The Morgan fingerprint density at radius 3 is 2.29 bits per heavy atom. The van der Waals surface area contributed by atoms with Crippen LogP contribution < -0.4 is 10.1 Å².